The molecule has 0 N–H and O–H groups in total. The van der Waals surface area contributed by atoms with Crippen LogP contribution in [0.2, 0.25) is 0 Å². The second-order valence-corrected chi connectivity index (χ2v) is 14.0. The van der Waals surface area contributed by atoms with E-state index in [1.165, 1.54) is 10.8 Å². The smallest absolute Gasteiger partial charge is 0.145 e. The Labute approximate surface area is 315 Å². The number of furan rings is 1. The topological polar surface area (TPSA) is 70.6 Å². The maximum atomic E-state index is 10.3. The van der Waals surface area contributed by atoms with Crippen LogP contribution in [-0.2, 0) is 0 Å². The van der Waals surface area contributed by atoms with E-state index in [9.17, 15) is 10.5 Å². The molecule has 0 bridgehead atoms. The number of aromatic nitrogens is 2. The summed E-state index contributed by atoms with van der Waals surface area (Å²) in [6, 6.07) is 63.0. The summed E-state index contributed by atoms with van der Waals surface area (Å²) in [5, 5.41) is 26.7. The maximum absolute atomic E-state index is 10.3. The number of fused-ring (bicyclic) bond motifs is 10. The van der Waals surface area contributed by atoms with Crippen molar-refractivity contribution in [1.29, 1.82) is 10.5 Å². The molecule has 0 spiro atoms. The Hall–Kier alpha value is -7.86. The predicted molar refractivity (Wildman–Crippen MR) is 223 cm³/mol. The van der Waals surface area contributed by atoms with E-state index >= 15 is 0 Å². The lowest BCUT2D eigenvalue weighted by Gasteiger charge is -2.18. The average Bonchev–Trinajstić information content (AvgIpc) is 3.91. The van der Waals surface area contributed by atoms with Crippen LogP contribution >= 0.6 is 0 Å². The van der Waals surface area contributed by atoms with E-state index in [4.69, 9.17) is 4.42 Å². The number of hydrogen-bond acceptors (Lipinski definition) is 3. The lowest BCUT2D eigenvalue weighted by molar-refractivity contribution is 0.673. The molecule has 0 aliphatic heterocycles. The fourth-order valence-electron chi connectivity index (χ4n) is 8.57. The first-order valence-electron chi connectivity index (χ1n) is 18.2. The summed E-state index contributed by atoms with van der Waals surface area (Å²) >= 11 is 0. The monoisotopic (exact) mass is 700 g/mol. The van der Waals surface area contributed by atoms with Gasteiger partial charge in [0.15, 0.2) is 0 Å². The second kappa shape index (κ2) is 11.8. The van der Waals surface area contributed by atoms with Crippen LogP contribution in [0.1, 0.15) is 11.1 Å². The number of para-hydroxylation sites is 4. The van der Waals surface area contributed by atoms with Crippen LogP contribution < -0.4 is 0 Å². The number of nitriles is 2. The van der Waals surface area contributed by atoms with Gasteiger partial charge >= 0.3 is 0 Å². The molecule has 55 heavy (non-hydrogen) atoms. The summed E-state index contributed by atoms with van der Waals surface area (Å²) in [7, 11) is 0. The van der Waals surface area contributed by atoms with Crippen LogP contribution in [-0.4, -0.2) is 9.13 Å². The van der Waals surface area contributed by atoms with Gasteiger partial charge in [-0.25, -0.2) is 0 Å². The van der Waals surface area contributed by atoms with Crippen LogP contribution in [0.25, 0.3) is 99.2 Å². The van der Waals surface area contributed by atoms with Crippen LogP contribution in [0.15, 0.2) is 174 Å². The zero-order valence-corrected chi connectivity index (χ0v) is 29.4. The molecule has 0 aliphatic carbocycles. The zero-order chi connectivity index (χ0) is 36.6. The van der Waals surface area contributed by atoms with Crippen molar-refractivity contribution in [3.8, 4) is 45.8 Å². The molecule has 8 aromatic carbocycles. The summed E-state index contributed by atoms with van der Waals surface area (Å²) in [5.41, 5.74) is 12.8. The molecule has 0 saturated heterocycles. The highest BCUT2D eigenvalue weighted by atomic mass is 16.3. The van der Waals surface area contributed by atoms with Crippen LogP contribution in [0.3, 0.4) is 0 Å². The fourth-order valence-corrected chi connectivity index (χ4v) is 8.57. The third kappa shape index (κ3) is 4.58. The maximum Gasteiger partial charge on any atom is 0.145 e. The van der Waals surface area contributed by atoms with Gasteiger partial charge in [-0.2, -0.15) is 10.5 Å². The Bertz CT molecular complexity index is 3420. The zero-order valence-electron chi connectivity index (χ0n) is 29.4. The Morgan fingerprint density at radius 3 is 1.80 bits per heavy atom. The summed E-state index contributed by atoms with van der Waals surface area (Å²) in [6.07, 6.45) is 0. The third-order valence-electron chi connectivity index (χ3n) is 10.9. The molecule has 254 valence electrons. The van der Waals surface area contributed by atoms with Gasteiger partial charge in [0.1, 0.15) is 11.2 Å². The summed E-state index contributed by atoms with van der Waals surface area (Å²) in [4.78, 5) is 0. The largest absolute Gasteiger partial charge is 0.455 e. The molecule has 0 saturated carbocycles. The van der Waals surface area contributed by atoms with Gasteiger partial charge < -0.3 is 13.6 Å². The van der Waals surface area contributed by atoms with Gasteiger partial charge in [-0.15, -0.1) is 0 Å². The van der Waals surface area contributed by atoms with Gasteiger partial charge in [-0.1, -0.05) is 91.0 Å². The van der Waals surface area contributed by atoms with E-state index in [1.807, 2.05) is 42.5 Å². The standard InChI is InChI=1S/C50H28N4O/c51-29-31-10-9-11-33(24-31)34-25-32(30-52)26-35(27-34)37-21-20-36(28-47(37)54-43-16-5-1-12-38(43)39-13-2-6-17-44(39)54)53-45-18-7-3-15-42(45)49-46(53)23-22-41-40-14-4-8-19-48(40)55-50(41)49/h1-28H. The lowest BCUT2D eigenvalue weighted by atomic mass is 9.94. The van der Waals surface area contributed by atoms with Crippen LogP contribution in [0, 0.1) is 22.7 Å². The van der Waals surface area contributed by atoms with Crippen LogP contribution in [0.5, 0.6) is 0 Å². The third-order valence-corrected chi connectivity index (χ3v) is 10.9. The van der Waals surface area contributed by atoms with Crippen LogP contribution in [0.4, 0.5) is 0 Å². The van der Waals surface area contributed by atoms with Gasteiger partial charge in [-0.3, -0.25) is 0 Å². The van der Waals surface area contributed by atoms with Crippen molar-refractivity contribution in [2.24, 2.45) is 0 Å². The van der Waals surface area contributed by atoms with E-state index in [1.54, 1.807) is 6.07 Å². The predicted octanol–water partition coefficient (Wildman–Crippen LogP) is 12.9. The van der Waals surface area contributed by atoms with Crippen molar-refractivity contribution in [2.75, 3.05) is 0 Å². The molecular formula is C50H28N4O. The average molecular weight is 701 g/mol. The number of hydrogen-bond donors (Lipinski definition) is 0. The number of benzene rings is 8. The number of nitrogens with zero attached hydrogens (tertiary/aromatic N) is 4. The normalized spacial score (nSPS) is 11.6. The molecule has 0 fully saturated rings. The first-order valence-corrected chi connectivity index (χ1v) is 18.2. The Balaban J connectivity index is 1.24. The van der Waals surface area contributed by atoms with Crippen molar-refractivity contribution >= 4 is 65.6 Å². The van der Waals surface area contributed by atoms with Gasteiger partial charge in [-0.05, 0) is 95.6 Å². The molecule has 0 aliphatic rings. The minimum atomic E-state index is 0.546. The minimum absolute atomic E-state index is 0.546. The van der Waals surface area contributed by atoms with Crippen molar-refractivity contribution in [1.82, 2.24) is 9.13 Å². The van der Waals surface area contributed by atoms with Gasteiger partial charge in [0.25, 0.3) is 0 Å². The van der Waals surface area contributed by atoms with Crippen molar-refractivity contribution in [3.63, 3.8) is 0 Å². The molecule has 11 rings (SSSR count). The highest BCUT2D eigenvalue weighted by Crippen LogP contribution is 2.43. The van der Waals surface area contributed by atoms with E-state index in [-0.39, 0.29) is 0 Å². The summed E-state index contributed by atoms with van der Waals surface area (Å²) < 4.78 is 11.3. The quantitative estimate of drug-likeness (QED) is 0.183. The highest BCUT2D eigenvalue weighted by molar-refractivity contribution is 6.24. The van der Waals surface area contributed by atoms with Crippen molar-refractivity contribution in [3.05, 3.63) is 181 Å². The Morgan fingerprint density at radius 1 is 0.418 bits per heavy atom. The molecule has 5 heteroatoms. The summed E-state index contributed by atoms with van der Waals surface area (Å²) in [6.45, 7) is 0. The fraction of sp³-hybridized carbons (Fsp3) is 0. The molecule has 3 aromatic heterocycles. The summed E-state index contributed by atoms with van der Waals surface area (Å²) in [5.74, 6) is 0. The van der Waals surface area contributed by atoms with Gasteiger partial charge in [0.05, 0.1) is 56.4 Å². The molecule has 5 nitrogen and oxygen atoms in total. The van der Waals surface area contributed by atoms with E-state index in [0.717, 1.165) is 88.4 Å². The molecular weight excluding hydrogens is 673 g/mol. The second-order valence-electron chi connectivity index (χ2n) is 14.0. The highest BCUT2D eigenvalue weighted by Gasteiger charge is 2.22. The van der Waals surface area contributed by atoms with E-state index in [2.05, 4.69) is 143 Å². The molecule has 0 radical (unpaired) electrons. The van der Waals surface area contributed by atoms with E-state index in [0.29, 0.717) is 11.1 Å². The molecule has 11 aromatic rings. The van der Waals surface area contributed by atoms with Crippen molar-refractivity contribution in [2.45, 2.75) is 0 Å². The first-order chi connectivity index (χ1) is 27.2. The van der Waals surface area contributed by atoms with Crippen molar-refractivity contribution < 1.29 is 4.42 Å². The van der Waals surface area contributed by atoms with Gasteiger partial charge in [0.2, 0.25) is 0 Å². The minimum Gasteiger partial charge on any atom is -0.455 e. The molecule has 0 atom stereocenters. The Morgan fingerprint density at radius 2 is 1.05 bits per heavy atom. The molecule has 0 unspecified atom stereocenters. The molecule has 0 amide bonds. The lowest BCUT2D eigenvalue weighted by Crippen LogP contribution is -2.01. The van der Waals surface area contributed by atoms with Gasteiger partial charge in [0, 0.05) is 38.2 Å². The SMILES string of the molecule is N#Cc1cccc(-c2cc(C#N)cc(-c3ccc(-n4c5ccccc5c5c6oc7ccccc7c6ccc54)cc3-n3c4ccccc4c4ccccc43)c2)c1. The molecule has 3 heterocycles. The number of rotatable bonds is 4. The van der Waals surface area contributed by atoms with E-state index < -0.39 is 0 Å². The first kappa shape index (κ1) is 30.7. The Kier molecular flexibility index (Phi) is 6.61.